The van der Waals surface area contributed by atoms with Crippen molar-refractivity contribution in [2.45, 2.75) is 38.8 Å². The highest BCUT2D eigenvalue weighted by molar-refractivity contribution is 7.88. The first-order chi connectivity index (χ1) is 17.9. The number of piperazine rings is 1. The highest BCUT2D eigenvalue weighted by atomic mass is 32.2. The lowest BCUT2D eigenvalue weighted by molar-refractivity contribution is 0.170. The molecule has 0 saturated carbocycles. The number of aromatic nitrogens is 2. The van der Waals surface area contributed by atoms with Crippen LogP contribution >= 0.6 is 0 Å². The predicted octanol–water partition coefficient (Wildman–Crippen LogP) is 2.22. The van der Waals surface area contributed by atoms with Crippen molar-refractivity contribution in [3.05, 3.63) is 41.7 Å². The number of nitrogens with one attached hydrogen (secondary N) is 1. The van der Waals surface area contributed by atoms with Gasteiger partial charge in [-0.3, -0.25) is 4.90 Å². The average molecular weight is 533 g/mol. The standard InChI is InChI=1S/C26H40N6O4S/c1-4-21-18-28-26(29-19-21)31-10-7-23(8-11-31)36-25-6-5-22(17-24(25)27-9-16-35-2)20-30-12-14-32(15-13-30)37(3,33)34/h5-6,17-19,23,27H,4,7-16,20H2,1-3H3. The maximum atomic E-state index is 11.8. The van der Waals surface area contributed by atoms with E-state index in [0.29, 0.717) is 26.2 Å². The number of nitrogens with zero attached hydrogens (tertiary/aromatic N) is 5. The lowest BCUT2D eigenvalue weighted by Gasteiger charge is -2.33. The zero-order valence-corrected chi connectivity index (χ0v) is 23.0. The monoisotopic (exact) mass is 532 g/mol. The van der Waals surface area contributed by atoms with Gasteiger partial charge in [0, 0.05) is 84.7 Å². The molecule has 0 aliphatic carbocycles. The molecule has 1 aromatic heterocycles. The predicted molar refractivity (Wildman–Crippen MR) is 146 cm³/mol. The fourth-order valence-corrected chi connectivity index (χ4v) is 5.56. The molecular weight excluding hydrogens is 492 g/mol. The Hall–Kier alpha value is -2.47. The van der Waals surface area contributed by atoms with E-state index >= 15 is 0 Å². The number of sulfonamides is 1. The summed E-state index contributed by atoms with van der Waals surface area (Å²) >= 11 is 0. The van der Waals surface area contributed by atoms with Crippen molar-refractivity contribution < 1.29 is 17.9 Å². The van der Waals surface area contributed by atoms with Gasteiger partial charge in [0.05, 0.1) is 18.6 Å². The Labute approximate surface area is 221 Å². The van der Waals surface area contributed by atoms with Gasteiger partial charge in [-0.05, 0) is 29.7 Å². The quantitative estimate of drug-likeness (QED) is 0.437. The normalized spacial score (nSPS) is 18.2. The van der Waals surface area contributed by atoms with Crippen molar-refractivity contribution in [2.24, 2.45) is 0 Å². The SMILES string of the molecule is CCc1cnc(N2CCC(Oc3ccc(CN4CCN(S(C)(=O)=O)CC4)cc3NCCOC)CC2)nc1. The van der Waals surface area contributed by atoms with Crippen molar-refractivity contribution in [3.63, 3.8) is 0 Å². The van der Waals surface area contributed by atoms with Gasteiger partial charge in [0.1, 0.15) is 11.9 Å². The molecule has 0 radical (unpaired) electrons. The van der Waals surface area contributed by atoms with E-state index in [1.807, 2.05) is 12.4 Å². The van der Waals surface area contributed by atoms with Crippen LogP contribution in [0.15, 0.2) is 30.6 Å². The first kappa shape index (κ1) is 27.6. The molecular formula is C26H40N6O4S. The van der Waals surface area contributed by atoms with Crippen molar-refractivity contribution in [3.8, 4) is 5.75 Å². The number of ether oxygens (including phenoxy) is 2. The van der Waals surface area contributed by atoms with E-state index in [4.69, 9.17) is 9.47 Å². The van der Waals surface area contributed by atoms with Crippen molar-refractivity contribution in [1.29, 1.82) is 0 Å². The Morgan fingerprint density at radius 2 is 1.73 bits per heavy atom. The van der Waals surface area contributed by atoms with Crippen LogP contribution < -0.4 is 15.0 Å². The maximum absolute atomic E-state index is 11.8. The Morgan fingerprint density at radius 1 is 1.03 bits per heavy atom. The van der Waals surface area contributed by atoms with E-state index in [1.165, 1.54) is 11.8 Å². The molecule has 2 aliphatic heterocycles. The summed E-state index contributed by atoms with van der Waals surface area (Å²) < 4.78 is 36.9. The molecule has 2 aliphatic rings. The van der Waals surface area contributed by atoms with Crippen LogP contribution in [0.25, 0.3) is 0 Å². The number of hydrogen-bond acceptors (Lipinski definition) is 9. The Bertz CT molecular complexity index is 1100. The van der Waals surface area contributed by atoms with Crippen LogP contribution in [0.4, 0.5) is 11.6 Å². The summed E-state index contributed by atoms with van der Waals surface area (Å²) in [4.78, 5) is 13.6. The van der Waals surface area contributed by atoms with Gasteiger partial charge in [0.2, 0.25) is 16.0 Å². The van der Waals surface area contributed by atoms with E-state index in [0.717, 1.165) is 74.9 Å². The number of methoxy groups -OCH3 is 1. The molecule has 4 rings (SSSR count). The van der Waals surface area contributed by atoms with Crippen LogP contribution in [0.5, 0.6) is 5.75 Å². The van der Waals surface area contributed by atoms with Crippen molar-refractivity contribution in [2.75, 3.05) is 76.0 Å². The van der Waals surface area contributed by atoms with Gasteiger partial charge in [-0.1, -0.05) is 13.0 Å². The molecule has 2 fully saturated rings. The van der Waals surface area contributed by atoms with Gasteiger partial charge in [-0.2, -0.15) is 4.31 Å². The molecule has 0 amide bonds. The van der Waals surface area contributed by atoms with Gasteiger partial charge >= 0.3 is 0 Å². The molecule has 11 heteroatoms. The molecule has 0 unspecified atom stereocenters. The molecule has 1 N–H and O–H groups in total. The molecule has 2 aromatic rings. The lowest BCUT2D eigenvalue weighted by atomic mass is 10.1. The van der Waals surface area contributed by atoms with Crippen LogP contribution in [-0.4, -0.2) is 99.5 Å². The number of hydrogen-bond donors (Lipinski definition) is 1. The fraction of sp³-hybridized carbons (Fsp3) is 0.615. The number of aryl methyl sites for hydroxylation is 1. The van der Waals surface area contributed by atoms with E-state index in [9.17, 15) is 8.42 Å². The first-order valence-corrected chi connectivity index (χ1v) is 15.0. The third-order valence-electron chi connectivity index (χ3n) is 6.99. The average Bonchev–Trinajstić information content (AvgIpc) is 2.90. The molecule has 0 spiro atoms. The maximum Gasteiger partial charge on any atom is 0.225 e. The van der Waals surface area contributed by atoms with Crippen LogP contribution in [0.2, 0.25) is 0 Å². The van der Waals surface area contributed by atoms with Gasteiger partial charge in [0.25, 0.3) is 0 Å². The fourth-order valence-electron chi connectivity index (χ4n) is 4.73. The second-order valence-electron chi connectivity index (χ2n) is 9.74. The highest BCUT2D eigenvalue weighted by Crippen LogP contribution is 2.30. The highest BCUT2D eigenvalue weighted by Gasteiger charge is 2.25. The largest absolute Gasteiger partial charge is 0.488 e. The second kappa shape index (κ2) is 12.9. The summed E-state index contributed by atoms with van der Waals surface area (Å²) in [6, 6.07) is 6.31. The minimum Gasteiger partial charge on any atom is -0.488 e. The summed E-state index contributed by atoms with van der Waals surface area (Å²) in [6.45, 7) is 8.40. The summed E-state index contributed by atoms with van der Waals surface area (Å²) in [5.41, 5.74) is 3.28. The lowest BCUT2D eigenvalue weighted by Crippen LogP contribution is -2.47. The zero-order valence-electron chi connectivity index (χ0n) is 22.2. The van der Waals surface area contributed by atoms with Gasteiger partial charge in [0.15, 0.2) is 0 Å². The first-order valence-electron chi connectivity index (χ1n) is 13.1. The molecule has 10 nitrogen and oxygen atoms in total. The number of benzene rings is 1. The Balaban J connectivity index is 1.35. The topological polar surface area (TPSA) is 100 Å². The van der Waals surface area contributed by atoms with Crippen LogP contribution in [0.1, 0.15) is 30.9 Å². The summed E-state index contributed by atoms with van der Waals surface area (Å²) in [5.74, 6) is 1.64. The van der Waals surface area contributed by atoms with Crippen LogP contribution in [-0.2, 0) is 27.7 Å². The summed E-state index contributed by atoms with van der Waals surface area (Å²) in [6.07, 6.45) is 7.98. The number of anilines is 2. The minimum absolute atomic E-state index is 0.129. The Morgan fingerprint density at radius 3 is 2.35 bits per heavy atom. The van der Waals surface area contributed by atoms with Gasteiger partial charge < -0.3 is 19.7 Å². The molecule has 1 aromatic carbocycles. The Kier molecular flexibility index (Phi) is 9.58. The van der Waals surface area contributed by atoms with Gasteiger partial charge in [-0.25, -0.2) is 18.4 Å². The van der Waals surface area contributed by atoms with Crippen LogP contribution in [0, 0.1) is 0 Å². The molecule has 0 atom stereocenters. The third kappa shape index (κ3) is 7.76. The minimum atomic E-state index is -3.13. The van der Waals surface area contributed by atoms with E-state index in [-0.39, 0.29) is 6.10 Å². The van der Waals surface area contributed by atoms with Crippen molar-refractivity contribution in [1.82, 2.24) is 19.2 Å². The third-order valence-corrected chi connectivity index (χ3v) is 8.29. The second-order valence-corrected chi connectivity index (χ2v) is 11.7. The van der Waals surface area contributed by atoms with E-state index in [2.05, 4.69) is 50.2 Å². The molecule has 3 heterocycles. The summed E-state index contributed by atoms with van der Waals surface area (Å²) in [7, 11) is -1.43. The van der Waals surface area contributed by atoms with Crippen molar-refractivity contribution >= 4 is 21.7 Å². The number of rotatable bonds is 11. The molecule has 0 bridgehead atoms. The van der Waals surface area contributed by atoms with Crippen LogP contribution in [0.3, 0.4) is 0 Å². The molecule has 204 valence electrons. The molecule has 37 heavy (non-hydrogen) atoms. The van der Waals surface area contributed by atoms with Gasteiger partial charge in [-0.15, -0.1) is 0 Å². The summed E-state index contributed by atoms with van der Waals surface area (Å²) in [5, 5.41) is 3.47. The zero-order chi connectivity index (χ0) is 26.3. The molecule has 2 saturated heterocycles. The number of piperidine rings is 1. The smallest absolute Gasteiger partial charge is 0.225 e. The van der Waals surface area contributed by atoms with E-state index in [1.54, 1.807) is 11.4 Å². The van der Waals surface area contributed by atoms with E-state index < -0.39 is 10.0 Å².